The van der Waals surface area contributed by atoms with Gasteiger partial charge in [0.2, 0.25) is 5.91 Å². The van der Waals surface area contributed by atoms with Gasteiger partial charge in [-0.15, -0.1) is 0 Å². The van der Waals surface area contributed by atoms with Crippen molar-refractivity contribution in [3.8, 4) is 0 Å². The summed E-state index contributed by atoms with van der Waals surface area (Å²) in [7, 11) is 0. The zero-order valence-electron chi connectivity index (χ0n) is 17.6. The Balaban J connectivity index is 1.81. The third-order valence-electron chi connectivity index (χ3n) is 5.59. The molecule has 156 valence electrons. The van der Waals surface area contributed by atoms with E-state index >= 15 is 0 Å². The quantitative estimate of drug-likeness (QED) is 0.392. The van der Waals surface area contributed by atoms with E-state index in [1.807, 2.05) is 31.2 Å². The number of hydrogen-bond donors (Lipinski definition) is 1. The molecule has 1 aliphatic carbocycles. The monoisotopic (exact) mass is 413 g/mol. The highest BCUT2D eigenvalue weighted by Gasteiger charge is 2.16. The lowest BCUT2D eigenvalue weighted by atomic mass is 9.97. The topological polar surface area (TPSA) is 64.0 Å². The second-order valence-corrected chi connectivity index (χ2v) is 9.06. The maximum atomic E-state index is 13.1. The Morgan fingerprint density at radius 2 is 2.03 bits per heavy atom. The van der Waals surface area contributed by atoms with Gasteiger partial charge in [-0.05, 0) is 57.1 Å². The number of benzene rings is 1. The number of nitrogens with zero attached hydrogens (tertiary/aromatic N) is 2. The van der Waals surface area contributed by atoms with Crippen LogP contribution >= 0.6 is 11.8 Å². The summed E-state index contributed by atoms with van der Waals surface area (Å²) in [6.07, 6.45) is 7.92. The minimum Gasteiger partial charge on any atom is -0.353 e. The van der Waals surface area contributed by atoms with Crippen molar-refractivity contribution >= 4 is 28.6 Å². The molecule has 0 spiro atoms. The molecule has 5 nitrogen and oxygen atoms in total. The van der Waals surface area contributed by atoms with Crippen molar-refractivity contribution in [2.75, 3.05) is 5.75 Å². The first-order chi connectivity index (χ1) is 14.0. The molecule has 0 fully saturated rings. The molecule has 0 bridgehead atoms. The number of hydrogen-bond acceptors (Lipinski definition) is 4. The van der Waals surface area contributed by atoms with E-state index < -0.39 is 0 Å². The molecule has 0 saturated heterocycles. The molecular formula is C23H31N3O2S. The van der Waals surface area contributed by atoms with Gasteiger partial charge >= 0.3 is 0 Å². The Hall–Kier alpha value is -2.08. The molecule has 6 heteroatoms. The van der Waals surface area contributed by atoms with Crippen molar-refractivity contribution in [3.05, 3.63) is 46.3 Å². The molecule has 0 unspecified atom stereocenters. The minimum atomic E-state index is -0.0276. The first-order valence-electron chi connectivity index (χ1n) is 10.6. The number of aromatic nitrogens is 2. The predicted molar refractivity (Wildman–Crippen MR) is 120 cm³/mol. The largest absolute Gasteiger partial charge is 0.353 e. The van der Waals surface area contributed by atoms with Crippen LogP contribution < -0.4 is 10.9 Å². The molecule has 3 rings (SSSR count). The van der Waals surface area contributed by atoms with Crippen LogP contribution in [0.4, 0.5) is 0 Å². The van der Waals surface area contributed by atoms with Gasteiger partial charge in [-0.25, -0.2) is 4.98 Å². The van der Waals surface area contributed by atoms with Crippen LogP contribution in [0.3, 0.4) is 0 Å². The average molecular weight is 414 g/mol. The molecule has 0 saturated carbocycles. The van der Waals surface area contributed by atoms with Crippen molar-refractivity contribution in [2.24, 2.45) is 5.92 Å². The van der Waals surface area contributed by atoms with Crippen LogP contribution in [0.2, 0.25) is 0 Å². The molecule has 0 radical (unpaired) electrons. The summed E-state index contributed by atoms with van der Waals surface area (Å²) in [4.78, 5) is 30.2. The van der Waals surface area contributed by atoms with Gasteiger partial charge in [-0.3, -0.25) is 14.2 Å². The summed E-state index contributed by atoms with van der Waals surface area (Å²) in [6.45, 7) is 6.78. The van der Waals surface area contributed by atoms with Crippen LogP contribution in [-0.2, 0) is 11.3 Å². The fourth-order valence-electron chi connectivity index (χ4n) is 3.43. The van der Waals surface area contributed by atoms with Crippen LogP contribution in [-0.4, -0.2) is 27.3 Å². The molecule has 29 heavy (non-hydrogen) atoms. The zero-order valence-corrected chi connectivity index (χ0v) is 18.4. The smallest absolute Gasteiger partial charge is 0.262 e. The second-order valence-electron chi connectivity index (χ2n) is 8.12. The third kappa shape index (κ3) is 5.72. The molecule has 0 aliphatic heterocycles. The first-order valence-corrected chi connectivity index (χ1v) is 11.5. The van der Waals surface area contributed by atoms with Crippen LogP contribution in [0.1, 0.15) is 52.9 Å². The van der Waals surface area contributed by atoms with Gasteiger partial charge in [0.15, 0.2) is 5.16 Å². The van der Waals surface area contributed by atoms with Gasteiger partial charge in [0.05, 0.1) is 16.7 Å². The third-order valence-corrected chi connectivity index (χ3v) is 6.57. The fourth-order valence-corrected chi connectivity index (χ4v) is 4.27. The number of amides is 1. The summed E-state index contributed by atoms with van der Waals surface area (Å²) in [5, 5.41) is 4.27. The average Bonchev–Trinajstić information content (AvgIpc) is 2.72. The van der Waals surface area contributed by atoms with E-state index in [-0.39, 0.29) is 23.3 Å². The van der Waals surface area contributed by atoms with E-state index in [0.29, 0.717) is 28.5 Å². The Kier molecular flexibility index (Phi) is 7.53. The van der Waals surface area contributed by atoms with E-state index in [9.17, 15) is 9.59 Å². The molecule has 1 aromatic heterocycles. The highest BCUT2D eigenvalue weighted by Crippen LogP contribution is 2.23. The highest BCUT2D eigenvalue weighted by molar-refractivity contribution is 7.99. The lowest BCUT2D eigenvalue weighted by molar-refractivity contribution is -0.119. The molecule has 2 aromatic rings. The van der Waals surface area contributed by atoms with Gasteiger partial charge < -0.3 is 5.32 Å². The first kappa shape index (κ1) is 21.6. The van der Waals surface area contributed by atoms with E-state index in [0.717, 1.165) is 19.3 Å². The SMILES string of the molecule is CC(C)[C@H](C)NC(=O)CSc1nc2ccccc2c(=O)n1CCC1=CCCCC1. The summed E-state index contributed by atoms with van der Waals surface area (Å²) >= 11 is 1.34. The minimum absolute atomic E-state index is 0.0227. The number of carbonyl (C=O) groups excluding carboxylic acids is 1. The van der Waals surface area contributed by atoms with E-state index in [4.69, 9.17) is 4.98 Å². The summed E-state index contributed by atoms with van der Waals surface area (Å²) in [5.41, 5.74) is 2.09. The lowest BCUT2D eigenvalue weighted by Crippen LogP contribution is -2.37. The maximum absolute atomic E-state index is 13.1. The maximum Gasteiger partial charge on any atom is 0.262 e. The summed E-state index contributed by atoms with van der Waals surface area (Å²) < 4.78 is 1.75. The van der Waals surface area contributed by atoms with E-state index in [1.165, 1.54) is 30.2 Å². The van der Waals surface area contributed by atoms with Crippen molar-refractivity contribution in [1.29, 1.82) is 0 Å². The number of nitrogens with one attached hydrogen (secondary N) is 1. The molecule has 1 aromatic carbocycles. The van der Waals surface area contributed by atoms with Crippen LogP contribution in [0.15, 0.2) is 45.9 Å². The Labute approximate surface area is 177 Å². The normalized spacial score (nSPS) is 15.4. The zero-order chi connectivity index (χ0) is 20.8. The lowest BCUT2D eigenvalue weighted by Gasteiger charge is -2.18. The van der Waals surface area contributed by atoms with Crippen molar-refractivity contribution in [2.45, 2.75) is 70.6 Å². The number of rotatable bonds is 8. The van der Waals surface area contributed by atoms with Gasteiger partial charge in [0, 0.05) is 12.6 Å². The number of para-hydroxylation sites is 1. The van der Waals surface area contributed by atoms with Gasteiger partial charge in [0.1, 0.15) is 0 Å². The molecule has 1 atom stereocenters. The van der Waals surface area contributed by atoms with Gasteiger partial charge in [0.25, 0.3) is 5.56 Å². The molecule has 1 heterocycles. The predicted octanol–water partition coefficient (Wildman–Crippen LogP) is 4.54. The number of allylic oxidation sites excluding steroid dienone is 2. The van der Waals surface area contributed by atoms with Gasteiger partial charge in [-0.2, -0.15) is 0 Å². The van der Waals surface area contributed by atoms with Crippen LogP contribution in [0, 0.1) is 5.92 Å². The Morgan fingerprint density at radius 3 is 2.76 bits per heavy atom. The highest BCUT2D eigenvalue weighted by atomic mass is 32.2. The van der Waals surface area contributed by atoms with Crippen molar-refractivity contribution in [3.63, 3.8) is 0 Å². The van der Waals surface area contributed by atoms with Crippen molar-refractivity contribution < 1.29 is 4.79 Å². The standard InChI is InChI=1S/C23H31N3O2S/c1-16(2)17(3)24-21(27)15-29-23-25-20-12-8-7-11-19(20)22(28)26(23)14-13-18-9-5-4-6-10-18/h7-9,11-12,16-17H,4-6,10,13-15H2,1-3H3,(H,24,27)/t17-/m0/s1. The number of thioether (sulfide) groups is 1. The molecule has 1 N–H and O–H groups in total. The second kappa shape index (κ2) is 10.1. The number of fused-ring (bicyclic) bond motifs is 1. The summed E-state index contributed by atoms with van der Waals surface area (Å²) in [6, 6.07) is 7.56. The summed E-state index contributed by atoms with van der Waals surface area (Å²) in [5.74, 6) is 0.606. The van der Waals surface area contributed by atoms with Crippen molar-refractivity contribution in [1.82, 2.24) is 14.9 Å². The van der Waals surface area contributed by atoms with E-state index in [2.05, 4.69) is 25.2 Å². The number of carbonyl (C=O) groups is 1. The van der Waals surface area contributed by atoms with E-state index in [1.54, 1.807) is 4.57 Å². The van der Waals surface area contributed by atoms with Crippen LogP contribution in [0.5, 0.6) is 0 Å². The van der Waals surface area contributed by atoms with Gasteiger partial charge in [-0.1, -0.05) is 49.4 Å². The molecular weight excluding hydrogens is 382 g/mol. The Morgan fingerprint density at radius 1 is 1.24 bits per heavy atom. The molecule has 1 aliphatic rings. The van der Waals surface area contributed by atoms with Crippen LogP contribution in [0.25, 0.3) is 10.9 Å². The Bertz CT molecular complexity index is 949. The fraction of sp³-hybridized carbons (Fsp3) is 0.522. The molecule has 1 amide bonds.